The average Bonchev–Trinajstić information content (AvgIpc) is 3.01. The number of rotatable bonds is 6. The van der Waals surface area contributed by atoms with Crippen LogP contribution >= 0.6 is 23.8 Å². The minimum Gasteiger partial charge on any atom is -0.330 e. The molecule has 0 aliphatic carbocycles. The number of H-pyrrole nitrogens is 1. The highest BCUT2D eigenvalue weighted by Gasteiger charge is 2.04. The molecule has 0 unspecified atom stereocenters. The highest BCUT2D eigenvalue weighted by Crippen LogP contribution is 2.17. The van der Waals surface area contributed by atoms with Crippen molar-refractivity contribution in [2.75, 3.05) is 6.38 Å². The number of aromatic amines is 1. The molecule has 1 rings (SSSR count). The van der Waals surface area contributed by atoms with Crippen molar-refractivity contribution in [1.82, 2.24) is 9.55 Å². The van der Waals surface area contributed by atoms with Gasteiger partial charge in [-0.25, -0.2) is 0 Å². The van der Waals surface area contributed by atoms with Crippen LogP contribution in [0.2, 0.25) is 0 Å². The van der Waals surface area contributed by atoms with Crippen molar-refractivity contribution in [3.63, 3.8) is 0 Å². The Kier molecular flexibility index (Phi) is 16.3. The summed E-state index contributed by atoms with van der Waals surface area (Å²) < 4.78 is 2.60. The van der Waals surface area contributed by atoms with Gasteiger partial charge in [0, 0.05) is 18.3 Å². The minimum absolute atomic E-state index is 0.660. The van der Waals surface area contributed by atoms with E-state index in [9.17, 15) is 0 Å². The molecular formula is C20H29ClN2S. The topological polar surface area (TPSA) is 20.7 Å². The molecule has 0 aromatic carbocycles. The van der Waals surface area contributed by atoms with Crippen LogP contribution in [0.25, 0.3) is 11.3 Å². The maximum atomic E-state index is 5.38. The smallest absolute Gasteiger partial charge is 0.182 e. The van der Waals surface area contributed by atoms with Crippen molar-refractivity contribution >= 4 is 35.1 Å². The lowest BCUT2D eigenvalue weighted by Gasteiger charge is -2.01. The summed E-state index contributed by atoms with van der Waals surface area (Å²) >= 11 is 10.0. The van der Waals surface area contributed by atoms with E-state index in [1.807, 2.05) is 74.9 Å². The Bertz CT molecular complexity index is 655. The summed E-state index contributed by atoms with van der Waals surface area (Å²) in [6, 6.07) is 0. The minimum atomic E-state index is 0.660. The molecule has 1 heterocycles. The van der Waals surface area contributed by atoms with Crippen LogP contribution in [0.1, 0.15) is 33.4 Å². The molecule has 1 aromatic heterocycles. The SMILES string of the molecule is C=C/C=C\C(=C/C)c1cn(C(/C=C\C=C)=C/C)c(=S)[nH]1.CC.CCl. The summed E-state index contributed by atoms with van der Waals surface area (Å²) in [5.74, 6) is 0. The van der Waals surface area contributed by atoms with Crippen molar-refractivity contribution in [2.45, 2.75) is 27.7 Å². The molecule has 1 N–H and O–H groups in total. The third-order valence-corrected chi connectivity index (χ3v) is 3.03. The summed E-state index contributed by atoms with van der Waals surface area (Å²) in [5.41, 5.74) is 3.04. The van der Waals surface area contributed by atoms with Crippen molar-refractivity contribution in [2.24, 2.45) is 0 Å². The number of nitrogens with zero attached hydrogens (tertiary/aromatic N) is 1. The fourth-order valence-corrected chi connectivity index (χ4v) is 2.00. The van der Waals surface area contributed by atoms with E-state index >= 15 is 0 Å². The van der Waals surface area contributed by atoms with Crippen molar-refractivity contribution in [3.8, 4) is 0 Å². The molecule has 0 saturated carbocycles. The molecule has 0 bridgehead atoms. The van der Waals surface area contributed by atoms with Crippen molar-refractivity contribution < 1.29 is 0 Å². The second-order valence-electron chi connectivity index (χ2n) is 3.99. The number of allylic oxidation sites excluding steroid dienone is 10. The van der Waals surface area contributed by atoms with E-state index in [-0.39, 0.29) is 0 Å². The number of halogens is 1. The third kappa shape index (κ3) is 8.14. The molecule has 0 atom stereocenters. The lowest BCUT2D eigenvalue weighted by Crippen LogP contribution is -1.91. The molecule has 0 spiro atoms. The van der Waals surface area contributed by atoms with Crippen LogP contribution in [-0.2, 0) is 0 Å². The van der Waals surface area contributed by atoms with Gasteiger partial charge in [0.1, 0.15) is 0 Å². The number of aromatic nitrogens is 2. The molecule has 0 amide bonds. The fraction of sp³-hybridized carbons (Fsp3) is 0.250. The maximum Gasteiger partial charge on any atom is 0.182 e. The molecule has 0 aliphatic rings. The molecule has 132 valence electrons. The average molecular weight is 365 g/mol. The summed E-state index contributed by atoms with van der Waals surface area (Å²) in [4.78, 5) is 3.22. The quantitative estimate of drug-likeness (QED) is 0.322. The number of hydrogen-bond donors (Lipinski definition) is 1. The Morgan fingerprint density at radius 3 is 2.08 bits per heavy atom. The zero-order valence-electron chi connectivity index (χ0n) is 15.3. The van der Waals surface area contributed by atoms with E-state index in [1.165, 1.54) is 6.38 Å². The fourth-order valence-electron chi connectivity index (χ4n) is 1.73. The summed E-state index contributed by atoms with van der Waals surface area (Å²) in [6.45, 7) is 15.3. The normalized spacial score (nSPS) is 11.6. The highest BCUT2D eigenvalue weighted by atomic mass is 35.5. The molecule has 0 saturated heterocycles. The number of nitrogens with one attached hydrogen (secondary N) is 1. The Balaban J connectivity index is 0. The lowest BCUT2D eigenvalue weighted by atomic mass is 10.2. The van der Waals surface area contributed by atoms with E-state index in [2.05, 4.69) is 29.7 Å². The standard InChI is InChI=1S/C17H20N2S.C2H6.CH3Cl/c1-5-9-11-14(7-3)16-13-19(17(20)18-16)15(8-4)12-10-6-2;2*1-2/h5-13H,1-2H2,3-4H3,(H,18,20);1-2H3;1H3/b11-9-,12-10-,14-7+,15-8+;;. The number of imidazole rings is 1. The predicted octanol–water partition coefficient (Wildman–Crippen LogP) is 7.18. The third-order valence-electron chi connectivity index (χ3n) is 2.73. The molecular weight excluding hydrogens is 336 g/mol. The van der Waals surface area contributed by atoms with Gasteiger partial charge in [-0.2, -0.15) is 0 Å². The Morgan fingerprint density at radius 2 is 1.62 bits per heavy atom. The van der Waals surface area contributed by atoms with E-state index in [0.29, 0.717) is 4.77 Å². The van der Waals surface area contributed by atoms with E-state index in [1.54, 1.807) is 12.2 Å². The monoisotopic (exact) mass is 364 g/mol. The second-order valence-corrected chi connectivity index (χ2v) is 4.38. The lowest BCUT2D eigenvalue weighted by molar-refractivity contribution is 1.07. The van der Waals surface area contributed by atoms with Gasteiger partial charge in [0.15, 0.2) is 4.77 Å². The first kappa shape index (κ1) is 24.4. The van der Waals surface area contributed by atoms with E-state index in [4.69, 9.17) is 12.2 Å². The first-order valence-electron chi connectivity index (χ1n) is 7.79. The Morgan fingerprint density at radius 1 is 1.08 bits per heavy atom. The van der Waals surface area contributed by atoms with Crippen LogP contribution in [0.4, 0.5) is 0 Å². The van der Waals surface area contributed by atoms with Crippen LogP contribution in [0.3, 0.4) is 0 Å². The van der Waals surface area contributed by atoms with Crippen LogP contribution in [0, 0.1) is 4.77 Å². The second kappa shape index (κ2) is 16.0. The molecule has 4 heteroatoms. The molecule has 24 heavy (non-hydrogen) atoms. The van der Waals surface area contributed by atoms with E-state index < -0.39 is 0 Å². The summed E-state index contributed by atoms with van der Waals surface area (Å²) in [5, 5.41) is 0. The van der Waals surface area contributed by atoms with Crippen molar-refractivity contribution in [3.05, 3.63) is 78.4 Å². The molecule has 1 aromatic rings. The molecule has 0 aliphatic heterocycles. The van der Waals surface area contributed by atoms with Gasteiger partial charge in [-0.1, -0.05) is 69.5 Å². The summed E-state index contributed by atoms with van der Waals surface area (Å²) in [7, 11) is 0. The highest BCUT2D eigenvalue weighted by molar-refractivity contribution is 7.71. The van der Waals surface area contributed by atoms with Gasteiger partial charge in [0.05, 0.1) is 5.69 Å². The first-order valence-corrected chi connectivity index (χ1v) is 8.95. The van der Waals surface area contributed by atoms with Crippen molar-refractivity contribution in [1.29, 1.82) is 0 Å². The predicted molar refractivity (Wildman–Crippen MR) is 115 cm³/mol. The van der Waals surface area contributed by atoms with E-state index in [0.717, 1.165) is 17.0 Å². The summed E-state index contributed by atoms with van der Waals surface area (Å²) in [6.07, 6.45) is 18.7. The molecule has 2 nitrogen and oxygen atoms in total. The van der Waals surface area contributed by atoms with Crippen LogP contribution in [0.5, 0.6) is 0 Å². The van der Waals surface area contributed by atoms with Crippen LogP contribution in [-0.4, -0.2) is 15.9 Å². The largest absolute Gasteiger partial charge is 0.330 e. The maximum absolute atomic E-state index is 5.38. The first-order chi connectivity index (χ1) is 11.7. The zero-order valence-corrected chi connectivity index (χ0v) is 16.9. The van der Waals surface area contributed by atoms with Gasteiger partial charge in [-0.05, 0) is 37.7 Å². The van der Waals surface area contributed by atoms with Gasteiger partial charge in [0.25, 0.3) is 0 Å². The van der Waals surface area contributed by atoms with Crippen LogP contribution < -0.4 is 0 Å². The number of hydrogen-bond acceptors (Lipinski definition) is 1. The van der Waals surface area contributed by atoms with Gasteiger partial charge in [-0.3, -0.25) is 4.57 Å². The van der Waals surface area contributed by atoms with Gasteiger partial charge < -0.3 is 4.98 Å². The van der Waals surface area contributed by atoms with Gasteiger partial charge >= 0.3 is 0 Å². The zero-order chi connectivity index (χ0) is 19.0. The Hall–Kier alpha value is -1.84. The van der Waals surface area contributed by atoms with Gasteiger partial charge in [0.2, 0.25) is 0 Å². The van der Waals surface area contributed by atoms with Crippen LogP contribution in [0.15, 0.2) is 68.0 Å². The molecule has 0 radical (unpaired) electrons. The number of alkyl halides is 1. The van der Waals surface area contributed by atoms with Gasteiger partial charge in [-0.15, -0.1) is 11.6 Å². The molecule has 0 fully saturated rings. The Labute approximate surface area is 157 Å².